The maximum atomic E-state index is 6.11. The molecule has 0 aromatic heterocycles. The molecule has 1 atom stereocenters. The van der Waals surface area contributed by atoms with Gasteiger partial charge in [-0.25, -0.2) is 0 Å². The highest BCUT2D eigenvalue weighted by molar-refractivity contribution is 4.88. The van der Waals surface area contributed by atoms with E-state index in [0.717, 1.165) is 32.5 Å². The minimum absolute atomic E-state index is 0.189. The smallest absolute Gasteiger partial charge is 0.0598 e. The summed E-state index contributed by atoms with van der Waals surface area (Å²) in [5.41, 5.74) is 6.30. The van der Waals surface area contributed by atoms with E-state index in [4.69, 9.17) is 12.2 Å². The van der Waals surface area contributed by atoms with Crippen molar-refractivity contribution in [2.24, 2.45) is 11.1 Å². The van der Waals surface area contributed by atoms with Crippen LogP contribution in [0.2, 0.25) is 0 Å². The Labute approximate surface area is 95.2 Å². The van der Waals surface area contributed by atoms with Gasteiger partial charge in [0.1, 0.15) is 0 Å². The van der Waals surface area contributed by atoms with E-state index in [1.165, 1.54) is 0 Å². The maximum absolute atomic E-state index is 6.11. The van der Waals surface area contributed by atoms with Gasteiger partial charge in [0, 0.05) is 12.6 Å². The SMILES string of the molecule is C#CCN(CCC)CCC(N)C(C)(C)C. The minimum Gasteiger partial charge on any atom is -0.327 e. The predicted octanol–water partition coefficient (Wildman–Crippen LogP) is 2.10. The van der Waals surface area contributed by atoms with Crippen LogP contribution in [0.3, 0.4) is 0 Å². The summed E-state index contributed by atoms with van der Waals surface area (Å²) in [6, 6.07) is 0.245. The summed E-state index contributed by atoms with van der Waals surface area (Å²) in [4.78, 5) is 2.30. The molecule has 0 aliphatic heterocycles. The van der Waals surface area contributed by atoms with E-state index in [1.807, 2.05) is 0 Å². The van der Waals surface area contributed by atoms with Crippen LogP contribution in [0.25, 0.3) is 0 Å². The van der Waals surface area contributed by atoms with Crippen molar-refractivity contribution < 1.29 is 0 Å². The quantitative estimate of drug-likeness (QED) is 0.680. The fourth-order valence-corrected chi connectivity index (χ4v) is 1.47. The van der Waals surface area contributed by atoms with Gasteiger partial charge in [-0.05, 0) is 24.8 Å². The van der Waals surface area contributed by atoms with E-state index in [-0.39, 0.29) is 11.5 Å². The van der Waals surface area contributed by atoms with Crippen LogP contribution >= 0.6 is 0 Å². The summed E-state index contributed by atoms with van der Waals surface area (Å²) in [7, 11) is 0. The minimum atomic E-state index is 0.189. The van der Waals surface area contributed by atoms with Gasteiger partial charge in [0.15, 0.2) is 0 Å². The summed E-state index contributed by atoms with van der Waals surface area (Å²) in [5, 5.41) is 0. The van der Waals surface area contributed by atoms with Crippen molar-refractivity contribution in [3.05, 3.63) is 0 Å². The van der Waals surface area contributed by atoms with Gasteiger partial charge in [-0.2, -0.15) is 0 Å². The lowest BCUT2D eigenvalue weighted by atomic mass is 9.85. The molecule has 0 aliphatic rings. The summed E-state index contributed by atoms with van der Waals surface area (Å²) < 4.78 is 0. The maximum Gasteiger partial charge on any atom is 0.0598 e. The largest absolute Gasteiger partial charge is 0.327 e. The summed E-state index contributed by atoms with van der Waals surface area (Å²) in [6.45, 7) is 11.5. The molecule has 0 radical (unpaired) electrons. The standard InChI is InChI=1S/C13H26N2/c1-6-9-15(10-7-2)11-8-12(14)13(3,4)5/h1,12H,7-11,14H2,2-5H3. The Balaban J connectivity index is 3.94. The zero-order valence-corrected chi connectivity index (χ0v) is 10.7. The van der Waals surface area contributed by atoms with E-state index >= 15 is 0 Å². The predicted molar refractivity (Wildman–Crippen MR) is 67.6 cm³/mol. The second-order valence-electron chi connectivity index (χ2n) is 5.24. The topological polar surface area (TPSA) is 29.3 Å². The van der Waals surface area contributed by atoms with Crippen LogP contribution in [0.4, 0.5) is 0 Å². The number of nitrogens with zero attached hydrogens (tertiary/aromatic N) is 1. The Bertz CT molecular complexity index is 198. The third kappa shape index (κ3) is 6.54. The second-order valence-corrected chi connectivity index (χ2v) is 5.24. The third-order valence-corrected chi connectivity index (χ3v) is 2.72. The van der Waals surface area contributed by atoms with Crippen molar-refractivity contribution >= 4 is 0 Å². The van der Waals surface area contributed by atoms with E-state index in [9.17, 15) is 0 Å². The molecule has 0 aromatic rings. The van der Waals surface area contributed by atoms with Crippen molar-refractivity contribution in [2.45, 2.75) is 46.6 Å². The van der Waals surface area contributed by atoms with Crippen LogP contribution in [-0.4, -0.2) is 30.6 Å². The number of hydrogen-bond acceptors (Lipinski definition) is 2. The van der Waals surface area contributed by atoms with Crippen LogP contribution in [0.15, 0.2) is 0 Å². The van der Waals surface area contributed by atoms with Gasteiger partial charge in [-0.15, -0.1) is 6.42 Å². The molecule has 0 aliphatic carbocycles. The molecule has 0 aromatic carbocycles. The zero-order valence-electron chi connectivity index (χ0n) is 10.7. The summed E-state index contributed by atoms with van der Waals surface area (Å²) in [5.74, 6) is 2.70. The van der Waals surface area contributed by atoms with Gasteiger partial charge in [0.25, 0.3) is 0 Å². The van der Waals surface area contributed by atoms with Gasteiger partial charge in [-0.3, -0.25) is 4.90 Å². The normalized spacial score (nSPS) is 13.9. The molecule has 88 valence electrons. The molecule has 1 unspecified atom stereocenters. The van der Waals surface area contributed by atoms with Crippen molar-refractivity contribution in [1.29, 1.82) is 0 Å². The number of rotatable bonds is 6. The molecule has 15 heavy (non-hydrogen) atoms. The summed E-state index contributed by atoms with van der Waals surface area (Å²) in [6.07, 6.45) is 7.49. The van der Waals surface area contributed by atoms with Gasteiger partial charge in [0.2, 0.25) is 0 Å². The van der Waals surface area contributed by atoms with E-state index in [1.54, 1.807) is 0 Å². The highest BCUT2D eigenvalue weighted by Gasteiger charge is 2.20. The fraction of sp³-hybridized carbons (Fsp3) is 0.846. The van der Waals surface area contributed by atoms with Gasteiger partial charge >= 0.3 is 0 Å². The van der Waals surface area contributed by atoms with E-state index in [2.05, 4.69) is 38.5 Å². The molecule has 0 spiro atoms. The average molecular weight is 210 g/mol. The van der Waals surface area contributed by atoms with Crippen molar-refractivity contribution in [1.82, 2.24) is 4.90 Å². The zero-order chi connectivity index (χ0) is 11.9. The Kier molecular flexibility index (Phi) is 6.63. The number of hydrogen-bond donors (Lipinski definition) is 1. The average Bonchev–Trinajstić information content (AvgIpc) is 2.12. The molecule has 2 heteroatoms. The van der Waals surface area contributed by atoms with Crippen molar-refractivity contribution in [2.75, 3.05) is 19.6 Å². The molecule has 2 N–H and O–H groups in total. The Hall–Kier alpha value is -0.520. The van der Waals surface area contributed by atoms with Gasteiger partial charge < -0.3 is 5.73 Å². The van der Waals surface area contributed by atoms with Crippen LogP contribution in [0.5, 0.6) is 0 Å². The van der Waals surface area contributed by atoms with E-state index in [0.29, 0.717) is 0 Å². The van der Waals surface area contributed by atoms with Gasteiger partial charge in [0.05, 0.1) is 6.54 Å². The monoisotopic (exact) mass is 210 g/mol. The molecule has 0 saturated heterocycles. The molecular formula is C13H26N2. The fourth-order valence-electron chi connectivity index (χ4n) is 1.47. The summed E-state index contributed by atoms with van der Waals surface area (Å²) >= 11 is 0. The molecule has 0 heterocycles. The second kappa shape index (κ2) is 6.87. The first kappa shape index (κ1) is 14.5. The Morgan fingerprint density at radius 3 is 2.33 bits per heavy atom. The lowest BCUT2D eigenvalue weighted by molar-refractivity contribution is 0.244. The number of terminal acetylenes is 1. The molecule has 0 rings (SSSR count). The first-order valence-electron chi connectivity index (χ1n) is 5.83. The van der Waals surface area contributed by atoms with E-state index < -0.39 is 0 Å². The lowest BCUT2D eigenvalue weighted by Gasteiger charge is -2.29. The lowest BCUT2D eigenvalue weighted by Crippen LogP contribution is -2.39. The van der Waals surface area contributed by atoms with Crippen LogP contribution in [0.1, 0.15) is 40.5 Å². The van der Waals surface area contributed by atoms with Crippen LogP contribution in [0, 0.1) is 17.8 Å². The van der Waals surface area contributed by atoms with Crippen LogP contribution in [-0.2, 0) is 0 Å². The molecule has 0 saturated carbocycles. The first-order chi connectivity index (χ1) is 6.91. The highest BCUT2D eigenvalue weighted by atomic mass is 15.1. The molecular weight excluding hydrogens is 184 g/mol. The van der Waals surface area contributed by atoms with Crippen molar-refractivity contribution in [3.63, 3.8) is 0 Å². The molecule has 0 amide bonds. The Morgan fingerprint density at radius 1 is 1.33 bits per heavy atom. The van der Waals surface area contributed by atoms with Crippen LogP contribution < -0.4 is 5.73 Å². The number of nitrogens with two attached hydrogens (primary N) is 1. The molecule has 0 bridgehead atoms. The first-order valence-corrected chi connectivity index (χ1v) is 5.83. The van der Waals surface area contributed by atoms with Crippen molar-refractivity contribution in [3.8, 4) is 12.3 Å². The molecule has 0 fully saturated rings. The third-order valence-electron chi connectivity index (χ3n) is 2.72. The highest BCUT2D eigenvalue weighted by Crippen LogP contribution is 2.19. The Morgan fingerprint density at radius 2 is 1.93 bits per heavy atom. The van der Waals surface area contributed by atoms with Gasteiger partial charge in [-0.1, -0.05) is 33.6 Å². The molecule has 2 nitrogen and oxygen atoms in total.